The molecule has 1 fully saturated rings. The van der Waals surface area contributed by atoms with Crippen LogP contribution in [0.3, 0.4) is 0 Å². The second-order valence-corrected chi connectivity index (χ2v) is 7.72. The van der Waals surface area contributed by atoms with Gasteiger partial charge in [-0.3, -0.25) is 9.59 Å². The van der Waals surface area contributed by atoms with Crippen molar-refractivity contribution in [3.63, 3.8) is 0 Å². The van der Waals surface area contributed by atoms with Crippen molar-refractivity contribution in [2.24, 2.45) is 5.92 Å². The van der Waals surface area contributed by atoms with E-state index in [2.05, 4.69) is 10.3 Å². The highest BCUT2D eigenvalue weighted by molar-refractivity contribution is 7.15. The predicted octanol–water partition coefficient (Wildman–Crippen LogP) is 2.48. The maximum absolute atomic E-state index is 12.5. The molecule has 26 heavy (non-hydrogen) atoms. The number of ether oxygens (including phenoxy) is 2. The van der Waals surface area contributed by atoms with Gasteiger partial charge in [0.05, 0.1) is 11.6 Å². The van der Waals surface area contributed by atoms with Crippen LogP contribution < -0.4 is 14.8 Å². The van der Waals surface area contributed by atoms with Gasteiger partial charge in [-0.2, -0.15) is 0 Å². The largest absolute Gasteiger partial charge is 0.454 e. The molecule has 1 saturated heterocycles. The Morgan fingerprint density at radius 1 is 1.35 bits per heavy atom. The number of likely N-dealkylation sites (tertiary alicyclic amines) is 1. The Kier molecular flexibility index (Phi) is 4.28. The van der Waals surface area contributed by atoms with Gasteiger partial charge < -0.3 is 19.7 Å². The molecule has 2 aliphatic heterocycles. The summed E-state index contributed by atoms with van der Waals surface area (Å²) in [5.41, 5.74) is 1.87. The molecule has 0 bridgehead atoms. The SMILES string of the molecule is Cc1nc(NC(=O)C2CC(=O)N(Cc3ccc4c(c3)OCO4)C2)sc1C. The van der Waals surface area contributed by atoms with E-state index in [-0.39, 0.29) is 30.9 Å². The van der Waals surface area contributed by atoms with Crippen LogP contribution in [0, 0.1) is 19.8 Å². The number of amides is 2. The van der Waals surface area contributed by atoms with Gasteiger partial charge in [-0.15, -0.1) is 11.3 Å². The maximum atomic E-state index is 12.5. The first-order chi connectivity index (χ1) is 12.5. The third-order valence-corrected chi connectivity index (χ3v) is 5.64. The van der Waals surface area contributed by atoms with Gasteiger partial charge >= 0.3 is 0 Å². The summed E-state index contributed by atoms with van der Waals surface area (Å²) in [6.45, 7) is 4.96. The molecule has 1 aromatic carbocycles. The number of rotatable bonds is 4. The van der Waals surface area contributed by atoms with E-state index in [1.165, 1.54) is 11.3 Å². The number of thiazole rings is 1. The fourth-order valence-electron chi connectivity index (χ4n) is 3.09. The van der Waals surface area contributed by atoms with Crippen molar-refractivity contribution in [1.82, 2.24) is 9.88 Å². The lowest BCUT2D eigenvalue weighted by Gasteiger charge is -2.16. The number of aryl methyl sites for hydroxylation is 2. The van der Waals surface area contributed by atoms with Gasteiger partial charge in [0.25, 0.3) is 0 Å². The molecular formula is C18H19N3O4S. The Balaban J connectivity index is 1.39. The molecule has 0 aliphatic carbocycles. The van der Waals surface area contributed by atoms with Crippen LogP contribution in [0.4, 0.5) is 5.13 Å². The Morgan fingerprint density at radius 3 is 2.92 bits per heavy atom. The van der Waals surface area contributed by atoms with E-state index in [1.807, 2.05) is 32.0 Å². The van der Waals surface area contributed by atoms with E-state index < -0.39 is 0 Å². The van der Waals surface area contributed by atoms with Crippen molar-refractivity contribution in [2.45, 2.75) is 26.8 Å². The van der Waals surface area contributed by atoms with Crippen LogP contribution in [0.1, 0.15) is 22.6 Å². The predicted molar refractivity (Wildman–Crippen MR) is 96.3 cm³/mol. The minimum Gasteiger partial charge on any atom is -0.454 e. The smallest absolute Gasteiger partial charge is 0.231 e. The standard InChI is InChI=1S/C18H19N3O4S/c1-10-11(2)26-18(19-10)20-17(23)13-6-16(22)21(8-13)7-12-3-4-14-15(5-12)25-9-24-14/h3-5,13H,6-9H2,1-2H3,(H,19,20,23). The molecule has 0 spiro atoms. The molecule has 3 heterocycles. The van der Waals surface area contributed by atoms with Gasteiger partial charge in [-0.05, 0) is 31.5 Å². The summed E-state index contributed by atoms with van der Waals surface area (Å²) in [6.07, 6.45) is 0.222. The van der Waals surface area contributed by atoms with Gasteiger partial charge in [-0.1, -0.05) is 6.07 Å². The molecule has 1 atom stereocenters. The van der Waals surface area contributed by atoms with E-state index in [4.69, 9.17) is 9.47 Å². The zero-order chi connectivity index (χ0) is 18.3. The minimum absolute atomic E-state index is 0.0192. The Labute approximate surface area is 154 Å². The number of benzene rings is 1. The summed E-state index contributed by atoms with van der Waals surface area (Å²) in [4.78, 5) is 31.9. The molecule has 0 saturated carbocycles. The van der Waals surface area contributed by atoms with Crippen LogP contribution in [0.15, 0.2) is 18.2 Å². The minimum atomic E-state index is -0.360. The van der Waals surface area contributed by atoms with Gasteiger partial charge in [-0.25, -0.2) is 4.98 Å². The lowest BCUT2D eigenvalue weighted by Crippen LogP contribution is -2.28. The second-order valence-electron chi connectivity index (χ2n) is 6.51. The number of nitrogens with zero attached hydrogens (tertiary/aromatic N) is 2. The fourth-order valence-corrected chi connectivity index (χ4v) is 3.91. The summed E-state index contributed by atoms with van der Waals surface area (Å²) >= 11 is 1.45. The van der Waals surface area contributed by atoms with Crippen LogP contribution in [0.5, 0.6) is 11.5 Å². The molecule has 0 radical (unpaired) electrons. The van der Waals surface area contributed by atoms with Gasteiger partial charge in [0.2, 0.25) is 18.6 Å². The van der Waals surface area contributed by atoms with Crippen molar-refractivity contribution >= 4 is 28.3 Å². The van der Waals surface area contributed by atoms with Gasteiger partial charge in [0.15, 0.2) is 16.6 Å². The summed E-state index contributed by atoms with van der Waals surface area (Å²) in [5.74, 6) is 0.876. The highest BCUT2D eigenvalue weighted by Crippen LogP contribution is 2.33. The average molecular weight is 373 g/mol. The van der Waals surface area contributed by atoms with Gasteiger partial charge in [0.1, 0.15) is 0 Å². The van der Waals surface area contributed by atoms with Crippen LogP contribution in [-0.4, -0.2) is 35.0 Å². The molecule has 2 aliphatic rings. The lowest BCUT2D eigenvalue weighted by molar-refractivity contribution is -0.128. The summed E-state index contributed by atoms with van der Waals surface area (Å²) < 4.78 is 10.7. The second kappa shape index (κ2) is 6.60. The molecule has 8 heteroatoms. The molecule has 7 nitrogen and oxygen atoms in total. The molecular weight excluding hydrogens is 354 g/mol. The Hall–Kier alpha value is -2.61. The molecule has 4 rings (SSSR count). The normalized spacial score (nSPS) is 18.5. The molecule has 136 valence electrons. The number of hydrogen-bond donors (Lipinski definition) is 1. The number of anilines is 1. The van der Waals surface area contributed by atoms with Crippen molar-refractivity contribution in [1.29, 1.82) is 0 Å². The van der Waals surface area contributed by atoms with Crippen LogP contribution >= 0.6 is 11.3 Å². The first-order valence-corrected chi connectivity index (χ1v) is 9.22. The molecule has 2 aromatic rings. The highest BCUT2D eigenvalue weighted by Gasteiger charge is 2.34. The van der Waals surface area contributed by atoms with Crippen molar-refractivity contribution in [3.05, 3.63) is 34.3 Å². The number of hydrogen-bond acceptors (Lipinski definition) is 6. The number of carbonyl (C=O) groups excluding carboxylic acids is 2. The fraction of sp³-hybridized carbons (Fsp3) is 0.389. The zero-order valence-corrected chi connectivity index (χ0v) is 15.4. The molecule has 1 unspecified atom stereocenters. The average Bonchev–Trinajstić information content (AvgIpc) is 3.28. The molecule has 1 aromatic heterocycles. The third kappa shape index (κ3) is 3.24. The third-order valence-electron chi connectivity index (χ3n) is 4.65. The Morgan fingerprint density at radius 2 is 2.15 bits per heavy atom. The number of fused-ring (bicyclic) bond motifs is 1. The molecule has 2 amide bonds. The highest BCUT2D eigenvalue weighted by atomic mass is 32.1. The topological polar surface area (TPSA) is 80.8 Å². The lowest BCUT2D eigenvalue weighted by atomic mass is 10.1. The summed E-state index contributed by atoms with van der Waals surface area (Å²) in [5, 5.41) is 3.43. The van der Waals surface area contributed by atoms with Crippen molar-refractivity contribution in [3.8, 4) is 11.5 Å². The van der Waals surface area contributed by atoms with Crippen LogP contribution in [0.25, 0.3) is 0 Å². The van der Waals surface area contributed by atoms with Crippen LogP contribution in [0.2, 0.25) is 0 Å². The van der Waals surface area contributed by atoms with Crippen molar-refractivity contribution in [2.75, 3.05) is 18.7 Å². The molecule has 1 N–H and O–H groups in total. The first-order valence-electron chi connectivity index (χ1n) is 8.41. The summed E-state index contributed by atoms with van der Waals surface area (Å²) in [7, 11) is 0. The maximum Gasteiger partial charge on any atom is 0.231 e. The zero-order valence-electron chi connectivity index (χ0n) is 14.6. The monoisotopic (exact) mass is 373 g/mol. The quantitative estimate of drug-likeness (QED) is 0.890. The number of carbonyl (C=O) groups is 2. The first kappa shape index (κ1) is 16.8. The van der Waals surface area contributed by atoms with E-state index >= 15 is 0 Å². The van der Waals surface area contributed by atoms with E-state index in [0.717, 1.165) is 16.1 Å². The van der Waals surface area contributed by atoms with E-state index in [9.17, 15) is 9.59 Å². The number of nitrogens with one attached hydrogen (secondary N) is 1. The van der Waals surface area contributed by atoms with Gasteiger partial charge in [0, 0.05) is 24.4 Å². The van der Waals surface area contributed by atoms with Crippen LogP contribution in [-0.2, 0) is 16.1 Å². The van der Waals surface area contributed by atoms with Crippen molar-refractivity contribution < 1.29 is 19.1 Å². The van der Waals surface area contributed by atoms with E-state index in [1.54, 1.807) is 4.90 Å². The number of aromatic nitrogens is 1. The summed E-state index contributed by atoms with van der Waals surface area (Å²) in [6, 6.07) is 5.63. The Bertz CT molecular complexity index is 860. The van der Waals surface area contributed by atoms with E-state index in [0.29, 0.717) is 29.7 Å².